The van der Waals surface area contributed by atoms with Crippen LogP contribution >= 0.6 is 23.1 Å². The molecule has 130 valence electrons. The van der Waals surface area contributed by atoms with Crippen LogP contribution in [0.25, 0.3) is 0 Å². The highest BCUT2D eigenvalue weighted by Crippen LogP contribution is 2.24. The van der Waals surface area contributed by atoms with E-state index in [1.165, 1.54) is 11.8 Å². The molecule has 0 aliphatic rings. The maximum atomic E-state index is 12.0. The fourth-order valence-corrected chi connectivity index (χ4v) is 3.14. The molecule has 2 aromatic rings. The van der Waals surface area contributed by atoms with Crippen LogP contribution in [-0.2, 0) is 9.53 Å². The first-order chi connectivity index (χ1) is 11.3. The summed E-state index contributed by atoms with van der Waals surface area (Å²) in [5.41, 5.74) is 0.543. The second kappa shape index (κ2) is 8.25. The van der Waals surface area contributed by atoms with Crippen LogP contribution in [0, 0.1) is 19.8 Å². The number of nitrogens with one attached hydrogen (secondary N) is 2. The Morgan fingerprint density at radius 1 is 1.33 bits per heavy atom. The Kier molecular flexibility index (Phi) is 6.32. The molecule has 0 bridgehead atoms. The molecule has 2 aromatic heterocycles. The second-order valence-electron chi connectivity index (χ2n) is 5.47. The third kappa shape index (κ3) is 5.31. The van der Waals surface area contributed by atoms with Gasteiger partial charge >= 0.3 is 5.97 Å². The second-order valence-corrected chi connectivity index (χ2v) is 7.41. The van der Waals surface area contributed by atoms with Crippen molar-refractivity contribution in [2.45, 2.75) is 32.9 Å². The number of H-pyrrole nitrogens is 1. The Balaban J connectivity index is 1.89. The summed E-state index contributed by atoms with van der Waals surface area (Å²) < 4.78 is 5.19. The van der Waals surface area contributed by atoms with E-state index in [1.54, 1.807) is 13.8 Å². The van der Waals surface area contributed by atoms with Gasteiger partial charge in [-0.05, 0) is 19.8 Å². The molecule has 0 saturated carbocycles. The van der Waals surface area contributed by atoms with Gasteiger partial charge in [-0.3, -0.25) is 9.89 Å². The first-order valence-electron chi connectivity index (χ1n) is 7.31. The van der Waals surface area contributed by atoms with E-state index in [0.717, 1.165) is 11.3 Å². The molecule has 1 amide bonds. The number of anilines is 1. The molecule has 0 fully saturated rings. The van der Waals surface area contributed by atoms with Crippen molar-refractivity contribution in [1.29, 1.82) is 0 Å². The van der Waals surface area contributed by atoms with Gasteiger partial charge in [0.25, 0.3) is 0 Å². The predicted molar refractivity (Wildman–Crippen MR) is 92.4 cm³/mol. The number of aryl methyl sites for hydroxylation is 2. The van der Waals surface area contributed by atoms with Gasteiger partial charge in [0.1, 0.15) is 10.7 Å². The molecule has 2 heterocycles. The number of nitrogens with zero attached hydrogens (tertiary/aromatic N) is 3. The molecule has 2 rings (SSSR count). The monoisotopic (exact) mass is 369 g/mol. The van der Waals surface area contributed by atoms with E-state index in [9.17, 15) is 9.59 Å². The SMILES string of the molecule is Cc1nc(SCC(=O)Nc2nc(C)c(C(=O)OCC(C)C)s2)n[nH]1. The Morgan fingerprint density at radius 3 is 2.71 bits per heavy atom. The molecular formula is C14H19N5O3S2. The number of amides is 1. The molecule has 0 unspecified atom stereocenters. The van der Waals surface area contributed by atoms with Gasteiger partial charge in [0.05, 0.1) is 18.1 Å². The van der Waals surface area contributed by atoms with Crippen LogP contribution in [-0.4, -0.2) is 44.4 Å². The predicted octanol–water partition coefficient (Wildman–Crippen LogP) is 2.42. The van der Waals surface area contributed by atoms with Crippen LogP contribution in [0.2, 0.25) is 0 Å². The number of thiazole rings is 1. The van der Waals surface area contributed by atoms with E-state index in [4.69, 9.17) is 4.74 Å². The standard InChI is InChI=1S/C14H19N5O3S2/c1-7(2)5-22-12(21)11-8(3)15-13(24-11)17-10(20)6-23-14-16-9(4)18-19-14/h7H,5-6H2,1-4H3,(H,15,17,20)(H,16,18,19). The molecule has 0 aliphatic heterocycles. The molecule has 0 saturated heterocycles. The van der Waals surface area contributed by atoms with Crippen LogP contribution in [0.3, 0.4) is 0 Å². The zero-order valence-corrected chi connectivity index (χ0v) is 15.5. The summed E-state index contributed by atoms with van der Waals surface area (Å²) in [5, 5.41) is 10.2. The number of carbonyl (C=O) groups is 2. The third-order valence-electron chi connectivity index (χ3n) is 2.69. The Morgan fingerprint density at radius 2 is 2.08 bits per heavy atom. The number of aromatic nitrogens is 4. The summed E-state index contributed by atoms with van der Waals surface area (Å²) in [6, 6.07) is 0. The van der Waals surface area contributed by atoms with Gasteiger partial charge in [0, 0.05) is 0 Å². The zero-order chi connectivity index (χ0) is 17.7. The smallest absolute Gasteiger partial charge is 0.350 e. The summed E-state index contributed by atoms with van der Waals surface area (Å²) in [7, 11) is 0. The number of rotatable bonds is 7. The van der Waals surface area contributed by atoms with Gasteiger partial charge in [0.2, 0.25) is 11.1 Å². The Labute approximate surface area is 147 Å². The van der Waals surface area contributed by atoms with Gasteiger partial charge in [0.15, 0.2) is 5.13 Å². The normalized spacial score (nSPS) is 10.9. The first kappa shape index (κ1) is 18.4. The summed E-state index contributed by atoms with van der Waals surface area (Å²) in [4.78, 5) is 32.7. The summed E-state index contributed by atoms with van der Waals surface area (Å²) >= 11 is 2.33. The van der Waals surface area contributed by atoms with E-state index < -0.39 is 5.97 Å². The average molecular weight is 369 g/mol. The number of ether oxygens (including phenoxy) is 1. The molecule has 0 radical (unpaired) electrons. The van der Waals surface area contributed by atoms with E-state index in [-0.39, 0.29) is 17.6 Å². The van der Waals surface area contributed by atoms with Gasteiger partial charge in [-0.25, -0.2) is 14.8 Å². The zero-order valence-electron chi connectivity index (χ0n) is 13.9. The molecule has 8 nitrogen and oxygen atoms in total. The topological polar surface area (TPSA) is 110 Å². The molecule has 10 heteroatoms. The minimum absolute atomic E-state index is 0.156. The number of esters is 1. The number of hydrogen-bond donors (Lipinski definition) is 2. The fourth-order valence-electron chi connectivity index (χ4n) is 1.62. The largest absolute Gasteiger partial charge is 0.461 e. The van der Waals surface area contributed by atoms with Gasteiger partial charge in [-0.1, -0.05) is 36.9 Å². The lowest BCUT2D eigenvalue weighted by atomic mass is 10.2. The van der Waals surface area contributed by atoms with Gasteiger partial charge < -0.3 is 10.1 Å². The van der Waals surface area contributed by atoms with Crippen molar-refractivity contribution in [2.24, 2.45) is 5.92 Å². The maximum absolute atomic E-state index is 12.0. The maximum Gasteiger partial charge on any atom is 0.350 e. The highest BCUT2D eigenvalue weighted by Gasteiger charge is 2.18. The first-order valence-corrected chi connectivity index (χ1v) is 9.11. The highest BCUT2D eigenvalue weighted by atomic mass is 32.2. The number of thioether (sulfide) groups is 1. The van der Waals surface area contributed by atoms with Gasteiger partial charge in [-0.15, -0.1) is 5.10 Å². The van der Waals surface area contributed by atoms with E-state index in [0.29, 0.717) is 33.3 Å². The van der Waals surface area contributed by atoms with Crippen LogP contribution in [0.4, 0.5) is 5.13 Å². The summed E-state index contributed by atoms with van der Waals surface area (Å²) in [6.45, 7) is 7.78. The van der Waals surface area contributed by atoms with Crippen LogP contribution < -0.4 is 5.32 Å². The van der Waals surface area contributed by atoms with Crippen molar-refractivity contribution >= 4 is 40.1 Å². The summed E-state index contributed by atoms with van der Waals surface area (Å²) in [5.74, 6) is 0.460. The van der Waals surface area contributed by atoms with Crippen molar-refractivity contribution in [3.8, 4) is 0 Å². The number of carbonyl (C=O) groups excluding carboxylic acids is 2. The third-order valence-corrected chi connectivity index (χ3v) is 4.59. The minimum Gasteiger partial charge on any atom is -0.461 e. The number of aromatic amines is 1. The lowest BCUT2D eigenvalue weighted by molar-refractivity contribution is -0.113. The molecule has 24 heavy (non-hydrogen) atoms. The van der Waals surface area contributed by atoms with Crippen LogP contribution in [0.15, 0.2) is 5.16 Å². The molecule has 2 N–H and O–H groups in total. The minimum atomic E-state index is -0.412. The molecular weight excluding hydrogens is 350 g/mol. The van der Waals surface area contributed by atoms with E-state index in [1.807, 2.05) is 13.8 Å². The quantitative estimate of drug-likeness (QED) is 0.569. The van der Waals surface area contributed by atoms with E-state index >= 15 is 0 Å². The lowest BCUT2D eigenvalue weighted by Crippen LogP contribution is -2.13. The van der Waals surface area contributed by atoms with Gasteiger partial charge in [-0.2, -0.15) is 0 Å². The molecule has 0 spiro atoms. The average Bonchev–Trinajstić information content (AvgIpc) is 3.08. The Hall–Kier alpha value is -1.94. The van der Waals surface area contributed by atoms with Crippen LogP contribution in [0.1, 0.15) is 35.0 Å². The van der Waals surface area contributed by atoms with Crippen molar-refractivity contribution in [1.82, 2.24) is 20.2 Å². The Bertz CT molecular complexity index is 726. The lowest BCUT2D eigenvalue weighted by Gasteiger charge is -2.05. The summed E-state index contributed by atoms with van der Waals surface area (Å²) in [6.07, 6.45) is 0. The molecule has 0 aromatic carbocycles. The highest BCUT2D eigenvalue weighted by molar-refractivity contribution is 7.99. The molecule has 0 aliphatic carbocycles. The molecule has 0 atom stereocenters. The number of hydrogen-bond acceptors (Lipinski definition) is 8. The van der Waals surface area contributed by atoms with Crippen molar-refractivity contribution in [3.63, 3.8) is 0 Å². The van der Waals surface area contributed by atoms with Crippen molar-refractivity contribution < 1.29 is 14.3 Å². The van der Waals surface area contributed by atoms with Crippen molar-refractivity contribution in [2.75, 3.05) is 17.7 Å². The van der Waals surface area contributed by atoms with Crippen molar-refractivity contribution in [3.05, 3.63) is 16.4 Å². The van der Waals surface area contributed by atoms with E-state index in [2.05, 4.69) is 25.5 Å². The van der Waals surface area contributed by atoms with Crippen LogP contribution in [0.5, 0.6) is 0 Å². The fraction of sp³-hybridized carbons (Fsp3) is 0.500.